The molecule has 0 aromatic carbocycles. The van der Waals surface area contributed by atoms with Crippen LogP contribution in [-0.4, -0.2) is 64.2 Å². The predicted octanol–water partition coefficient (Wildman–Crippen LogP) is 1.16. The minimum absolute atomic E-state index is 0.0482. The van der Waals surface area contributed by atoms with Crippen LogP contribution in [0, 0.1) is 0 Å². The summed E-state index contributed by atoms with van der Waals surface area (Å²) in [4.78, 5) is 21.1. The van der Waals surface area contributed by atoms with Crippen molar-refractivity contribution in [2.45, 2.75) is 57.2 Å². The molecule has 7 heteroatoms. The molecule has 1 saturated carbocycles. The Morgan fingerprint density at radius 3 is 2.83 bits per heavy atom. The third kappa shape index (κ3) is 3.40. The first-order valence-electron chi connectivity index (χ1n) is 8.68. The Labute approximate surface area is 136 Å². The number of carbonyl (C=O) groups is 1. The predicted molar refractivity (Wildman–Crippen MR) is 81.7 cm³/mol. The largest absolute Gasteiger partial charge is 0.461 e. The van der Waals surface area contributed by atoms with Gasteiger partial charge in [-0.1, -0.05) is 5.16 Å². The van der Waals surface area contributed by atoms with Gasteiger partial charge >= 0.3 is 5.97 Å². The molecule has 2 atom stereocenters. The fourth-order valence-electron chi connectivity index (χ4n) is 3.52. The molecule has 0 spiro atoms. The fraction of sp³-hybridized carbons (Fsp3) is 0.812. The maximum absolute atomic E-state index is 11.9. The number of hydrogen-bond acceptors (Lipinski definition) is 7. The van der Waals surface area contributed by atoms with Crippen molar-refractivity contribution in [2.24, 2.45) is 0 Å². The first-order chi connectivity index (χ1) is 11.2. The highest BCUT2D eigenvalue weighted by atomic mass is 16.6. The summed E-state index contributed by atoms with van der Waals surface area (Å²) >= 11 is 0. The topological polar surface area (TPSA) is 71.7 Å². The standard InChI is InChI=1S/C16H24N4O3/c1-11-9-13(16(21)22-11)20-6-2-5-19(7-8-20)10-14-17-15(23-18-14)12-3-4-12/h11-13H,2-10H2,1H3/t11-,13-/m1/s1. The Balaban J connectivity index is 1.32. The molecule has 2 aliphatic heterocycles. The van der Waals surface area contributed by atoms with Crippen molar-refractivity contribution in [3.63, 3.8) is 0 Å². The highest BCUT2D eigenvalue weighted by Crippen LogP contribution is 2.38. The number of aromatic nitrogens is 2. The maximum atomic E-state index is 11.9. The molecule has 4 rings (SSSR count). The molecule has 1 aliphatic carbocycles. The summed E-state index contributed by atoms with van der Waals surface area (Å²) in [6.45, 7) is 6.46. The molecule has 0 amide bonds. The third-order valence-corrected chi connectivity index (χ3v) is 4.98. The highest BCUT2D eigenvalue weighted by molar-refractivity contribution is 5.77. The molecule has 23 heavy (non-hydrogen) atoms. The normalized spacial score (nSPS) is 30.4. The number of hydrogen-bond donors (Lipinski definition) is 0. The second-order valence-corrected chi connectivity index (χ2v) is 6.99. The van der Waals surface area contributed by atoms with E-state index in [-0.39, 0.29) is 18.1 Å². The van der Waals surface area contributed by atoms with Crippen LogP contribution in [0.1, 0.15) is 50.2 Å². The Morgan fingerprint density at radius 1 is 1.22 bits per heavy atom. The zero-order valence-corrected chi connectivity index (χ0v) is 13.6. The van der Waals surface area contributed by atoms with E-state index in [1.54, 1.807) is 0 Å². The molecule has 3 fully saturated rings. The first-order valence-corrected chi connectivity index (χ1v) is 8.68. The number of nitrogens with zero attached hydrogens (tertiary/aromatic N) is 4. The van der Waals surface area contributed by atoms with Crippen LogP contribution in [0.25, 0.3) is 0 Å². The van der Waals surface area contributed by atoms with Gasteiger partial charge in [0.15, 0.2) is 5.82 Å². The van der Waals surface area contributed by atoms with Gasteiger partial charge in [0.25, 0.3) is 0 Å². The van der Waals surface area contributed by atoms with Crippen LogP contribution < -0.4 is 0 Å². The summed E-state index contributed by atoms with van der Waals surface area (Å²) in [6.07, 6.45) is 4.26. The molecule has 0 unspecified atom stereocenters. The molecule has 3 aliphatic rings. The summed E-state index contributed by atoms with van der Waals surface area (Å²) in [5.41, 5.74) is 0. The van der Waals surface area contributed by atoms with Crippen molar-refractivity contribution in [3.05, 3.63) is 11.7 Å². The SMILES string of the molecule is C[C@@H]1C[C@@H](N2CCCN(Cc3noc(C4CC4)n3)CC2)C(=O)O1. The molecule has 0 bridgehead atoms. The summed E-state index contributed by atoms with van der Waals surface area (Å²) in [7, 11) is 0. The van der Waals surface area contributed by atoms with E-state index in [1.165, 1.54) is 12.8 Å². The average molecular weight is 320 g/mol. The van der Waals surface area contributed by atoms with Crippen LogP contribution in [0.4, 0.5) is 0 Å². The maximum Gasteiger partial charge on any atom is 0.323 e. The van der Waals surface area contributed by atoms with Gasteiger partial charge in [0.05, 0.1) is 6.54 Å². The van der Waals surface area contributed by atoms with Crippen LogP contribution in [0.3, 0.4) is 0 Å². The molecule has 7 nitrogen and oxygen atoms in total. The van der Waals surface area contributed by atoms with Crippen molar-refractivity contribution in [1.82, 2.24) is 19.9 Å². The quantitative estimate of drug-likeness (QED) is 0.771. The molecule has 1 aromatic rings. The van der Waals surface area contributed by atoms with E-state index < -0.39 is 0 Å². The van der Waals surface area contributed by atoms with Gasteiger partial charge in [0, 0.05) is 32.0 Å². The highest BCUT2D eigenvalue weighted by Gasteiger charge is 2.37. The zero-order chi connectivity index (χ0) is 15.8. The monoisotopic (exact) mass is 320 g/mol. The smallest absolute Gasteiger partial charge is 0.323 e. The van der Waals surface area contributed by atoms with E-state index in [1.807, 2.05) is 6.92 Å². The molecule has 0 N–H and O–H groups in total. The lowest BCUT2D eigenvalue weighted by Gasteiger charge is -2.24. The van der Waals surface area contributed by atoms with Crippen LogP contribution >= 0.6 is 0 Å². The molecule has 126 valence electrons. The van der Waals surface area contributed by atoms with Gasteiger partial charge in [-0.3, -0.25) is 14.6 Å². The number of cyclic esters (lactones) is 1. The molecular weight excluding hydrogens is 296 g/mol. The van der Waals surface area contributed by atoms with Gasteiger partial charge < -0.3 is 9.26 Å². The van der Waals surface area contributed by atoms with Gasteiger partial charge in [-0.25, -0.2) is 0 Å². The summed E-state index contributed by atoms with van der Waals surface area (Å²) < 4.78 is 10.6. The molecule has 0 radical (unpaired) electrons. The first kappa shape index (κ1) is 15.1. The van der Waals surface area contributed by atoms with E-state index in [9.17, 15) is 4.79 Å². The van der Waals surface area contributed by atoms with Gasteiger partial charge in [-0.15, -0.1) is 0 Å². The molecule has 1 aromatic heterocycles. The minimum atomic E-state index is -0.0587. The van der Waals surface area contributed by atoms with Crippen molar-refractivity contribution in [2.75, 3.05) is 26.2 Å². The Morgan fingerprint density at radius 2 is 2.09 bits per heavy atom. The van der Waals surface area contributed by atoms with E-state index in [4.69, 9.17) is 9.26 Å². The van der Waals surface area contributed by atoms with Crippen LogP contribution in [0.2, 0.25) is 0 Å². The van der Waals surface area contributed by atoms with Crippen LogP contribution in [-0.2, 0) is 16.1 Å². The zero-order valence-electron chi connectivity index (χ0n) is 13.6. The lowest BCUT2D eigenvalue weighted by molar-refractivity contribution is -0.144. The Bertz CT molecular complexity index is 571. The van der Waals surface area contributed by atoms with Gasteiger partial charge in [-0.05, 0) is 32.7 Å². The summed E-state index contributed by atoms with van der Waals surface area (Å²) in [5, 5.41) is 4.11. The van der Waals surface area contributed by atoms with Gasteiger partial charge in [-0.2, -0.15) is 4.98 Å². The third-order valence-electron chi connectivity index (χ3n) is 4.98. The second kappa shape index (κ2) is 6.20. The lowest BCUT2D eigenvalue weighted by Crippen LogP contribution is -2.41. The fourth-order valence-corrected chi connectivity index (χ4v) is 3.52. The van der Waals surface area contributed by atoms with Crippen molar-refractivity contribution in [1.29, 1.82) is 0 Å². The number of esters is 1. The van der Waals surface area contributed by atoms with E-state index in [0.29, 0.717) is 5.92 Å². The van der Waals surface area contributed by atoms with Crippen LogP contribution in [0.15, 0.2) is 4.52 Å². The number of carbonyl (C=O) groups excluding carboxylic acids is 1. The Kier molecular flexibility index (Phi) is 4.07. The van der Waals surface area contributed by atoms with Gasteiger partial charge in [0.1, 0.15) is 12.1 Å². The van der Waals surface area contributed by atoms with Crippen molar-refractivity contribution < 1.29 is 14.1 Å². The van der Waals surface area contributed by atoms with Crippen LogP contribution in [0.5, 0.6) is 0 Å². The minimum Gasteiger partial charge on any atom is -0.461 e. The number of ether oxygens (including phenoxy) is 1. The average Bonchev–Trinajstić information content (AvgIpc) is 3.23. The Hall–Kier alpha value is -1.47. The summed E-state index contributed by atoms with van der Waals surface area (Å²) in [5.74, 6) is 2.04. The summed E-state index contributed by atoms with van der Waals surface area (Å²) in [6, 6.07) is -0.0587. The second-order valence-electron chi connectivity index (χ2n) is 6.99. The molecule has 3 heterocycles. The lowest BCUT2D eigenvalue weighted by atomic mass is 10.1. The van der Waals surface area contributed by atoms with E-state index in [0.717, 1.165) is 57.3 Å². The van der Waals surface area contributed by atoms with E-state index >= 15 is 0 Å². The molecule has 2 saturated heterocycles. The van der Waals surface area contributed by atoms with Crippen molar-refractivity contribution in [3.8, 4) is 0 Å². The van der Waals surface area contributed by atoms with E-state index in [2.05, 4.69) is 19.9 Å². The molecular formula is C16H24N4O3. The van der Waals surface area contributed by atoms with Crippen molar-refractivity contribution >= 4 is 5.97 Å². The number of rotatable bonds is 4. The van der Waals surface area contributed by atoms with Gasteiger partial charge in [0.2, 0.25) is 5.89 Å².